The number of benzene rings is 1. The summed E-state index contributed by atoms with van der Waals surface area (Å²) < 4.78 is 0.477. The average molecular weight is 298 g/mol. The van der Waals surface area contributed by atoms with Gasteiger partial charge in [-0.2, -0.15) is 0 Å². The van der Waals surface area contributed by atoms with Crippen molar-refractivity contribution in [1.82, 2.24) is 0 Å². The minimum absolute atomic E-state index is 0.111. The van der Waals surface area contributed by atoms with Crippen LogP contribution in [0.15, 0.2) is 34.3 Å². The fourth-order valence-electron chi connectivity index (χ4n) is 1.21. The average Bonchev–Trinajstić information content (AvgIpc) is 2.19. The van der Waals surface area contributed by atoms with Crippen LogP contribution in [-0.4, -0.2) is 17.0 Å². The van der Waals surface area contributed by atoms with Crippen molar-refractivity contribution in [2.75, 3.05) is 5.32 Å². The van der Waals surface area contributed by atoms with Crippen molar-refractivity contribution in [3.8, 4) is 0 Å². The molecule has 0 heterocycles. The first-order valence-electron chi connectivity index (χ1n) is 4.89. The van der Waals surface area contributed by atoms with Gasteiger partial charge in [-0.15, -0.1) is 0 Å². The van der Waals surface area contributed by atoms with Crippen LogP contribution >= 0.6 is 15.9 Å². The van der Waals surface area contributed by atoms with Crippen LogP contribution in [0.1, 0.15) is 24.2 Å². The molecule has 1 aromatic carbocycles. The highest BCUT2D eigenvalue weighted by atomic mass is 79.9. The van der Waals surface area contributed by atoms with Crippen LogP contribution in [0.25, 0.3) is 0 Å². The maximum atomic E-state index is 11.4. The highest BCUT2D eigenvalue weighted by molar-refractivity contribution is 9.10. The minimum Gasteiger partial charge on any atom is -0.478 e. The molecule has 0 saturated heterocycles. The maximum Gasteiger partial charge on any atom is 0.336 e. The molecule has 0 unspecified atom stereocenters. The second kappa shape index (κ2) is 5.63. The van der Waals surface area contributed by atoms with Gasteiger partial charge in [0.25, 0.3) is 0 Å². The molecule has 0 atom stereocenters. The van der Waals surface area contributed by atoms with E-state index in [2.05, 4.69) is 21.2 Å². The van der Waals surface area contributed by atoms with Crippen molar-refractivity contribution in [3.05, 3.63) is 39.9 Å². The number of aromatic carboxylic acids is 1. The van der Waals surface area contributed by atoms with Crippen LogP contribution in [0.5, 0.6) is 0 Å². The zero-order valence-corrected chi connectivity index (χ0v) is 11.0. The second-order valence-corrected chi connectivity index (χ2v) is 4.57. The summed E-state index contributed by atoms with van der Waals surface area (Å²) in [5, 5.41) is 11.5. The Labute approximate surface area is 107 Å². The number of rotatable bonds is 3. The number of nitrogens with one attached hydrogen (secondary N) is 1. The number of carbonyl (C=O) groups is 2. The Morgan fingerprint density at radius 2 is 2.00 bits per heavy atom. The van der Waals surface area contributed by atoms with Crippen LogP contribution in [0.2, 0.25) is 0 Å². The molecule has 90 valence electrons. The van der Waals surface area contributed by atoms with Crippen LogP contribution in [0.4, 0.5) is 5.69 Å². The van der Waals surface area contributed by atoms with Crippen molar-refractivity contribution < 1.29 is 14.7 Å². The molecule has 0 aliphatic rings. The third kappa shape index (κ3) is 4.03. The van der Waals surface area contributed by atoms with Gasteiger partial charge in [-0.3, -0.25) is 4.79 Å². The number of carboxylic acids is 1. The van der Waals surface area contributed by atoms with Crippen molar-refractivity contribution >= 4 is 33.5 Å². The quantitative estimate of drug-likeness (QED) is 0.843. The third-order valence-corrected chi connectivity index (χ3v) is 2.58. The summed E-state index contributed by atoms with van der Waals surface area (Å²) in [6, 6.07) is 4.62. The largest absolute Gasteiger partial charge is 0.478 e. The molecule has 4 nitrogen and oxygen atoms in total. The Bertz CT molecular complexity index is 491. The van der Waals surface area contributed by atoms with E-state index in [1.54, 1.807) is 12.1 Å². The molecule has 1 aromatic rings. The van der Waals surface area contributed by atoms with Crippen LogP contribution in [0.3, 0.4) is 0 Å². The van der Waals surface area contributed by atoms with Gasteiger partial charge in [0.2, 0.25) is 5.91 Å². The summed E-state index contributed by atoms with van der Waals surface area (Å²) in [6.07, 6.45) is 1.45. The summed E-state index contributed by atoms with van der Waals surface area (Å²) in [6.45, 7) is 3.62. The molecule has 0 bridgehead atoms. The lowest BCUT2D eigenvalue weighted by molar-refractivity contribution is -0.111. The highest BCUT2D eigenvalue weighted by Crippen LogP contribution is 2.21. The van der Waals surface area contributed by atoms with E-state index in [-0.39, 0.29) is 11.5 Å². The smallest absolute Gasteiger partial charge is 0.336 e. The standard InChI is InChI=1S/C12H12BrNO3/c1-7(2)5-11(15)14-8-3-4-10(13)9(6-8)12(16)17/h3-6H,1-2H3,(H,14,15)(H,16,17). The number of carboxylic acid groups (broad SMARTS) is 1. The Kier molecular flexibility index (Phi) is 4.45. The zero-order chi connectivity index (χ0) is 13.0. The van der Waals surface area contributed by atoms with Crippen molar-refractivity contribution in [1.29, 1.82) is 0 Å². The van der Waals surface area contributed by atoms with Gasteiger partial charge in [0, 0.05) is 16.2 Å². The lowest BCUT2D eigenvalue weighted by Gasteiger charge is -2.05. The molecular formula is C12H12BrNO3. The van der Waals surface area contributed by atoms with Gasteiger partial charge in [0.15, 0.2) is 0 Å². The lowest BCUT2D eigenvalue weighted by atomic mass is 10.2. The summed E-state index contributed by atoms with van der Waals surface area (Å²) >= 11 is 3.13. The fourth-order valence-corrected chi connectivity index (χ4v) is 1.62. The number of anilines is 1. The normalized spacial score (nSPS) is 9.59. The molecule has 0 aliphatic carbocycles. The Morgan fingerprint density at radius 3 is 2.53 bits per heavy atom. The SMILES string of the molecule is CC(C)=CC(=O)Nc1ccc(Br)c(C(=O)O)c1. The number of hydrogen-bond donors (Lipinski definition) is 2. The van der Waals surface area contributed by atoms with Crippen LogP contribution in [-0.2, 0) is 4.79 Å². The highest BCUT2D eigenvalue weighted by Gasteiger charge is 2.09. The molecule has 2 N–H and O–H groups in total. The predicted octanol–water partition coefficient (Wildman–Crippen LogP) is 3.05. The second-order valence-electron chi connectivity index (χ2n) is 3.71. The maximum absolute atomic E-state index is 11.4. The molecular weight excluding hydrogens is 286 g/mol. The summed E-state index contributed by atoms with van der Waals surface area (Å²) in [4.78, 5) is 22.3. The van der Waals surface area contributed by atoms with Crippen molar-refractivity contribution in [3.63, 3.8) is 0 Å². The molecule has 0 aromatic heterocycles. The first-order chi connectivity index (χ1) is 7.90. The van der Waals surface area contributed by atoms with E-state index in [1.807, 2.05) is 13.8 Å². The van der Waals surface area contributed by atoms with Gasteiger partial charge in [0.05, 0.1) is 5.56 Å². The molecule has 1 amide bonds. The molecule has 0 aliphatic heterocycles. The van der Waals surface area contributed by atoms with Gasteiger partial charge in [-0.1, -0.05) is 5.57 Å². The molecule has 0 spiro atoms. The molecule has 0 saturated carbocycles. The van der Waals surface area contributed by atoms with Gasteiger partial charge < -0.3 is 10.4 Å². The monoisotopic (exact) mass is 297 g/mol. The number of halogens is 1. The van der Waals surface area contributed by atoms with Crippen LogP contribution in [0, 0.1) is 0 Å². The first kappa shape index (κ1) is 13.4. The minimum atomic E-state index is -1.05. The third-order valence-electron chi connectivity index (χ3n) is 1.88. The molecule has 0 radical (unpaired) electrons. The van der Waals surface area contributed by atoms with Gasteiger partial charge in [-0.05, 0) is 48.0 Å². The Balaban J connectivity index is 2.94. The summed E-state index contributed by atoms with van der Waals surface area (Å²) in [5.74, 6) is -1.32. The van der Waals surface area contributed by atoms with E-state index >= 15 is 0 Å². The number of hydrogen-bond acceptors (Lipinski definition) is 2. The molecule has 17 heavy (non-hydrogen) atoms. The Hall–Kier alpha value is -1.62. The van der Waals surface area contributed by atoms with E-state index in [9.17, 15) is 9.59 Å². The number of amides is 1. The Morgan fingerprint density at radius 1 is 1.35 bits per heavy atom. The summed E-state index contributed by atoms with van der Waals surface area (Å²) in [7, 11) is 0. The lowest BCUT2D eigenvalue weighted by Crippen LogP contribution is -2.09. The van der Waals surface area contributed by atoms with Gasteiger partial charge >= 0.3 is 5.97 Å². The topological polar surface area (TPSA) is 66.4 Å². The predicted molar refractivity (Wildman–Crippen MR) is 69.2 cm³/mol. The number of allylic oxidation sites excluding steroid dienone is 1. The fraction of sp³-hybridized carbons (Fsp3) is 0.167. The molecule has 0 fully saturated rings. The van der Waals surface area contributed by atoms with E-state index in [0.717, 1.165) is 5.57 Å². The zero-order valence-electron chi connectivity index (χ0n) is 9.45. The van der Waals surface area contributed by atoms with Crippen molar-refractivity contribution in [2.45, 2.75) is 13.8 Å². The van der Waals surface area contributed by atoms with Gasteiger partial charge in [-0.25, -0.2) is 4.79 Å². The van der Waals surface area contributed by atoms with E-state index in [4.69, 9.17) is 5.11 Å². The van der Waals surface area contributed by atoms with E-state index in [0.29, 0.717) is 10.2 Å². The molecule has 5 heteroatoms. The summed E-state index contributed by atoms with van der Waals surface area (Å²) in [5.41, 5.74) is 1.44. The van der Waals surface area contributed by atoms with E-state index in [1.165, 1.54) is 12.1 Å². The number of carbonyl (C=O) groups excluding carboxylic acids is 1. The first-order valence-corrected chi connectivity index (χ1v) is 5.68. The van der Waals surface area contributed by atoms with Gasteiger partial charge in [0.1, 0.15) is 0 Å². The van der Waals surface area contributed by atoms with E-state index < -0.39 is 5.97 Å². The van der Waals surface area contributed by atoms with Crippen LogP contribution < -0.4 is 5.32 Å². The molecule has 1 rings (SSSR count). The van der Waals surface area contributed by atoms with Crippen molar-refractivity contribution in [2.24, 2.45) is 0 Å².